The molecule has 2 fully saturated rings. The second kappa shape index (κ2) is 21.4. The smallest absolute Gasteiger partial charge is 0.410 e. The number of carbonyl (C=O) groups excluding carboxylic acids is 3. The molecule has 54 heavy (non-hydrogen) atoms. The van der Waals surface area contributed by atoms with Crippen molar-refractivity contribution in [3.8, 4) is 0 Å². The first-order valence-corrected chi connectivity index (χ1v) is 18.9. The quantitative estimate of drug-likeness (QED) is 0.0881. The minimum absolute atomic E-state index is 0.0456. The number of hydrogen-bond acceptors (Lipinski definition) is 15. The maximum Gasteiger partial charge on any atom is 0.410 e. The number of hydrazone groups is 1. The van der Waals surface area contributed by atoms with Crippen molar-refractivity contribution < 1.29 is 33.7 Å². The summed E-state index contributed by atoms with van der Waals surface area (Å²) in [5.41, 5.74) is 2.23. The van der Waals surface area contributed by atoms with Gasteiger partial charge in [-0.2, -0.15) is 15.1 Å². The van der Waals surface area contributed by atoms with E-state index in [0.717, 1.165) is 18.7 Å². The molecule has 0 radical (unpaired) electrons. The molecule has 0 aromatic carbocycles. The zero-order valence-corrected chi connectivity index (χ0v) is 33.4. The highest BCUT2D eigenvalue weighted by Gasteiger charge is 2.27. The van der Waals surface area contributed by atoms with Crippen LogP contribution in [0.4, 0.5) is 27.2 Å². The third-order valence-electron chi connectivity index (χ3n) is 8.03. The summed E-state index contributed by atoms with van der Waals surface area (Å²) in [6, 6.07) is 2.03. The van der Waals surface area contributed by atoms with Crippen LogP contribution in [0.2, 0.25) is 0 Å². The summed E-state index contributed by atoms with van der Waals surface area (Å²) in [5.74, 6) is 1.83. The molecule has 3 heterocycles. The number of aromatic nitrogens is 2. The SMILES string of the molecule is CNN=C(C=NCCCNC(=O)OC(C)(C)C)CNc1nc(NC2CCN(C(=O)CCN(CC(C)O)C(=O)OC(C)(C)C)CC2)cc(N2CCOCC2)n1. The number of morpholine rings is 1. The number of hydrogen-bond donors (Lipinski definition) is 5. The van der Waals surface area contributed by atoms with Crippen LogP contribution in [0, 0.1) is 0 Å². The summed E-state index contributed by atoms with van der Waals surface area (Å²) in [5, 5.41) is 23.8. The number of aliphatic imine (C=N–C) groups is 1. The lowest BCUT2D eigenvalue weighted by molar-refractivity contribution is -0.132. The van der Waals surface area contributed by atoms with E-state index in [1.807, 2.05) is 31.7 Å². The van der Waals surface area contributed by atoms with E-state index in [1.165, 1.54) is 4.90 Å². The molecule has 0 saturated carbocycles. The predicted octanol–water partition coefficient (Wildman–Crippen LogP) is 2.70. The number of likely N-dealkylation sites (tertiary alicyclic amines) is 1. The number of nitrogens with zero attached hydrogens (tertiary/aromatic N) is 7. The van der Waals surface area contributed by atoms with Crippen molar-refractivity contribution in [3.05, 3.63) is 6.07 Å². The number of carbonyl (C=O) groups is 3. The number of piperidine rings is 1. The summed E-state index contributed by atoms with van der Waals surface area (Å²) < 4.78 is 16.3. The van der Waals surface area contributed by atoms with Gasteiger partial charge in [-0.1, -0.05) is 0 Å². The molecule has 5 N–H and O–H groups in total. The monoisotopic (exact) mass is 761 g/mol. The molecule has 1 aromatic heterocycles. The zero-order chi connectivity index (χ0) is 39.7. The minimum Gasteiger partial charge on any atom is -0.444 e. The molecular weight excluding hydrogens is 698 g/mol. The Bertz CT molecular complexity index is 1400. The molecule has 2 aliphatic rings. The molecule has 3 amide bonds. The molecule has 0 aliphatic carbocycles. The van der Waals surface area contributed by atoms with E-state index in [9.17, 15) is 19.5 Å². The van der Waals surface area contributed by atoms with Gasteiger partial charge in [-0.25, -0.2) is 9.59 Å². The average Bonchev–Trinajstić information content (AvgIpc) is 3.09. The topological polar surface area (TPSA) is 207 Å². The first kappa shape index (κ1) is 44.0. The molecular formula is C36H63N11O7. The fourth-order valence-corrected chi connectivity index (χ4v) is 5.59. The molecule has 1 atom stereocenters. The Morgan fingerprint density at radius 1 is 1.07 bits per heavy atom. The Morgan fingerprint density at radius 2 is 1.76 bits per heavy atom. The highest BCUT2D eigenvalue weighted by atomic mass is 16.6. The summed E-state index contributed by atoms with van der Waals surface area (Å²) in [7, 11) is 1.71. The first-order valence-electron chi connectivity index (χ1n) is 18.9. The van der Waals surface area contributed by atoms with Crippen molar-refractivity contribution >= 4 is 47.6 Å². The summed E-state index contributed by atoms with van der Waals surface area (Å²) in [4.78, 5) is 57.1. The van der Waals surface area contributed by atoms with E-state index in [0.29, 0.717) is 82.9 Å². The zero-order valence-electron chi connectivity index (χ0n) is 33.4. The number of amides is 3. The van der Waals surface area contributed by atoms with Gasteiger partial charge in [0, 0.05) is 84.1 Å². The molecule has 0 bridgehead atoms. The van der Waals surface area contributed by atoms with Gasteiger partial charge in [0.25, 0.3) is 0 Å². The van der Waals surface area contributed by atoms with Crippen LogP contribution in [0.15, 0.2) is 16.2 Å². The van der Waals surface area contributed by atoms with Crippen LogP contribution in [0.1, 0.15) is 74.1 Å². The highest BCUT2D eigenvalue weighted by molar-refractivity contribution is 6.32. The fraction of sp³-hybridized carbons (Fsp3) is 0.750. The Hall–Kier alpha value is -4.45. The van der Waals surface area contributed by atoms with Crippen LogP contribution in [0.5, 0.6) is 0 Å². The third kappa shape index (κ3) is 17.1. The molecule has 304 valence electrons. The van der Waals surface area contributed by atoms with Crippen molar-refractivity contribution in [3.63, 3.8) is 0 Å². The maximum atomic E-state index is 13.2. The normalized spacial score (nSPS) is 16.5. The lowest BCUT2D eigenvalue weighted by Gasteiger charge is -2.34. The number of aliphatic hydroxyl groups is 1. The number of anilines is 3. The molecule has 0 spiro atoms. The van der Waals surface area contributed by atoms with Gasteiger partial charge in [-0.15, -0.1) is 0 Å². The van der Waals surface area contributed by atoms with Gasteiger partial charge in [0.05, 0.1) is 31.6 Å². The van der Waals surface area contributed by atoms with Crippen LogP contribution in [-0.2, 0) is 19.0 Å². The number of ether oxygens (including phenoxy) is 3. The van der Waals surface area contributed by atoms with Crippen molar-refractivity contribution in [1.29, 1.82) is 0 Å². The Morgan fingerprint density at radius 3 is 2.39 bits per heavy atom. The van der Waals surface area contributed by atoms with Gasteiger partial charge in [0.15, 0.2) is 0 Å². The van der Waals surface area contributed by atoms with Crippen LogP contribution >= 0.6 is 0 Å². The molecule has 3 rings (SSSR count). The van der Waals surface area contributed by atoms with Crippen LogP contribution in [0.3, 0.4) is 0 Å². The summed E-state index contributed by atoms with van der Waals surface area (Å²) in [6.07, 6.45) is 2.16. The van der Waals surface area contributed by atoms with Gasteiger partial charge < -0.3 is 55.4 Å². The molecule has 2 saturated heterocycles. The lowest BCUT2D eigenvalue weighted by atomic mass is 10.0. The summed E-state index contributed by atoms with van der Waals surface area (Å²) >= 11 is 0. The highest BCUT2D eigenvalue weighted by Crippen LogP contribution is 2.23. The number of alkyl carbamates (subject to hydrolysis) is 1. The van der Waals surface area contributed by atoms with E-state index >= 15 is 0 Å². The number of nitrogens with one attached hydrogen (secondary N) is 4. The van der Waals surface area contributed by atoms with E-state index in [1.54, 1.807) is 41.0 Å². The van der Waals surface area contributed by atoms with Crippen molar-refractivity contribution in [2.24, 2.45) is 10.1 Å². The molecule has 18 nitrogen and oxygen atoms in total. The van der Waals surface area contributed by atoms with Gasteiger partial charge in [0.1, 0.15) is 22.8 Å². The average molecular weight is 762 g/mol. The second-order valence-electron chi connectivity index (χ2n) is 15.4. The standard InChI is InChI=1S/C36H63N11O7/c1-26(48)25-47(34(51)54-36(5,6)7)17-12-31(49)46-15-10-27(11-16-46)41-29-22-30(45-18-20-52-21-19-45)43-32(42-29)40-24-28(44-37-8)23-38-13-9-14-39-33(50)53-35(2,3)4/h22-23,26-27,37,48H,9-21,24-25H2,1-8H3,(H,39,50)(H2,40,41,42,43). The minimum atomic E-state index is -0.745. The van der Waals surface area contributed by atoms with Gasteiger partial charge in [-0.05, 0) is 67.7 Å². The van der Waals surface area contributed by atoms with E-state index in [4.69, 9.17) is 24.2 Å². The van der Waals surface area contributed by atoms with E-state index in [-0.39, 0.29) is 31.5 Å². The van der Waals surface area contributed by atoms with Crippen molar-refractivity contribution in [1.82, 2.24) is 30.5 Å². The summed E-state index contributed by atoms with van der Waals surface area (Å²) in [6.45, 7) is 17.7. The lowest BCUT2D eigenvalue weighted by Crippen LogP contribution is -2.45. The van der Waals surface area contributed by atoms with Crippen LogP contribution < -0.4 is 26.3 Å². The predicted molar refractivity (Wildman–Crippen MR) is 210 cm³/mol. The van der Waals surface area contributed by atoms with E-state index < -0.39 is 29.5 Å². The van der Waals surface area contributed by atoms with Crippen molar-refractivity contribution in [2.75, 3.05) is 94.7 Å². The Labute approximate surface area is 319 Å². The largest absolute Gasteiger partial charge is 0.444 e. The Balaban J connectivity index is 1.57. The number of aliphatic hydroxyl groups excluding tert-OH is 1. The first-order chi connectivity index (χ1) is 25.5. The second-order valence-corrected chi connectivity index (χ2v) is 15.4. The van der Waals surface area contributed by atoms with Gasteiger partial charge in [0.2, 0.25) is 11.9 Å². The van der Waals surface area contributed by atoms with Crippen molar-refractivity contribution in [2.45, 2.75) is 97.5 Å². The van der Waals surface area contributed by atoms with E-state index in [2.05, 4.69) is 36.4 Å². The third-order valence-corrected chi connectivity index (χ3v) is 8.03. The molecule has 1 unspecified atom stereocenters. The molecule has 18 heteroatoms. The van der Waals surface area contributed by atoms with Gasteiger partial charge in [-0.3, -0.25) is 9.79 Å². The van der Waals surface area contributed by atoms with Crippen LogP contribution in [-0.4, -0.2) is 157 Å². The Kier molecular flexibility index (Phi) is 17.5. The maximum absolute atomic E-state index is 13.2. The van der Waals surface area contributed by atoms with Gasteiger partial charge >= 0.3 is 12.2 Å². The molecule has 2 aliphatic heterocycles. The number of rotatable bonds is 17. The molecule has 1 aromatic rings. The fourth-order valence-electron chi connectivity index (χ4n) is 5.59. The van der Waals surface area contributed by atoms with Crippen LogP contribution in [0.25, 0.3) is 0 Å².